The molecule has 166 valence electrons. The van der Waals surface area contributed by atoms with Crippen molar-refractivity contribution in [3.05, 3.63) is 60.2 Å². The van der Waals surface area contributed by atoms with Crippen LogP contribution in [0.5, 0.6) is 0 Å². The minimum Gasteiger partial charge on any atom is -0.100 e. The van der Waals surface area contributed by atoms with Crippen molar-refractivity contribution >= 4 is 0 Å². The second kappa shape index (κ2) is 18.7. The van der Waals surface area contributed by atoms with Crippen LogP contribution in [0.25, 0.3) is 0 Å². The highest BCUT2D eigenvalue weighted by Crippen LogP contribution is 2.36. The van der Waals surface area contributed by atoms with Gasteiger partial charge in [-0.15, -0.1) is 13.2 Å². The molecule has 0 amide bonds. The van der Waals surface area contributed by atoms with Gasteiger partial charge in [0.15, 0.2) is 0 Å². The van der Waals surface area contributed by atoms with Crippen LogP contribution in [0, 0.1) is 11.8 Å². The number of aryl methyl sites for hydroxylation is 1. The lowest BCUT2D eigenvalue weighted by atomic mass is 9.74. The van der Waals surface area contributed by atoms with E-state index in [-0.39, 0.29) is 0 Å². The normalized spacial score (nSPS) is 18.0. The van der Waals surface area contributed by atoms with E-state index in [9.17, 15) is 0 Å². The zero-order valence-electron chi connectivity index (χ0n) is 20.4. The zero-order chi connectivity index (χ0) is 21.9. The monoisotopic (exact) mass is 398 g/mol. The second-order valence-corrected chi connectivity index (χ2v) is 9.03. The highest BCUT2D eigenvalue weighted by atomic mass is 14.3. The molecule has 0 radical (unpaired) electrons. The van der Waals surface area contributed by atoms with E-state index in [0.29, 0.717) is 0 Å². The Kier molecular flexibility index (Phi) is 17.9. The summed E-state index contributed by atoms with van der Waals surface area (Å²) >= 11 is 0. The zero-order valence-corrected chi connectivity index (χ0v) is 20.4. The Hall–Kier alpha value is -1.30. The van der Waals surface area contributed by atoms with Gasteiger partial charge in [0, 0.05) is 0 Å². The summed E-state index contributed by atoms with van der Waals surface area (Å²) in [6.07, 6.45) is 16.3. The van der Waals surface area contributed by atoms with Gasteiger partial charge in [-0.25, -0.2) is 0 Å². The van der Waals surface area contributed by atoms with Crippen molar-refractivity contribution in [2.75, 3.05) is 0 Å². The third kappa shape index (κ3) is 16.2. The molecule has 0 nitrogen and oxygen atoms in total. The van der Waals surface area contributed by atoms with Crippen LogP contribution in [0.2, 0.25) is 0 Å². The van der Waals surface area contributed by atoms with Crippen molar-refractivity contribution in [3.8, 4) is 0 Å². The van der Waals surface area contributed by atoms with Gasteiger partial charge in [0.2, 0.25) is 0 Å². The first kappa shape index (κ1) is 27.7. The van der Waals surface area contributed by atoms with E-state index in [4.69, 9.17) is 0 Å². The van der Waals surface area contributed by atoms with E-state index in [1.165, 1.54) is 93.8 Å². The predicted molar refractivity (Wildman–Crippen MR) is 135 cm³/mol. The molecular formula is C29H50. The Balaban J connectivity index is 0.000000448. The van der Waals surface area contributed by atoms with Gasteiger partial charge in [0.05, 0.1) is 0 Å². The molecule has 0 saturated heterocycles. The summed E-state index contributed by atoms with van der Waals surface area (Å²) in [5, 5.41) is 0. The lowest BCUT2D eigenvalue weighted by molar-refractivity contribution is 0.210. The van der Waals surface area contributed by atoms with Gasteiger partial charge in [0.25, 0.3) is 0 Å². The van der Waals surface area contributed by atoms with Crippen molar-refractivity contribution in [1.29, 1.82) is 0 Å². The molecular weight excluding hydrogens is 348 g/mol. The largest absolute Gasteiger partial charge is 0.100 e. The number of hydrogen-bond donors (Lipinski definition) is 0. The molecule has 0 heteroatoms. The quantitative estimate of drug-likeness (QED) is 0.363. The fourth-order valence-corrected chi connectivity index (χ4v) is 4.21. The van der Waals surface area contributed by atoms with E-state index in [1.54, 1.807) is 0 Å². The number of rotatable bonds is 9. The van der Waals surface area contributed by atoms with Crippen molar-refractivity contribution in [2.24, 2.45) is 11.8 Å². The Labute approximate surface area is 183 Å². The fourth-order valence-electron chi connectivity index (χ4n) is 4.21. The first-order valence-electron chi connectivity index (χ1n) is 12.3. The molecule has 1 aromatic rings. The van der Waals surface area contributed by atoms with Gasteiger partial charge in [0.1, 0.15) is 0 Å². The van der Waals surface area contributed by atoms with E-state index >= 15 is 0 Å². The summed E-state index contributed by atoms with van der Waals surface area (Å²) in [6.45, 7) is 18.7. The van der Waals surface area contributed by atoms with E-state index in [0.717, 1.165) is 11.8 Å². The molecule has 1 fully saturated rings. The highest BCUT2D eigenvalue weighted by molar-refractivity contribution is 5.14. The SMILES string of the molecule is C=C(C)CCC.C=C(C)CCC1CCCCC1CCC.CCCc1ccccc1. The summed E-state index contributed by atoms with van der Waals surface area (Å²) in [4.78, 5) is 0. The van der Waals surface area contributed by atoms with Crippen molar-refractivity contribution in [2.45, 2.75) is 112 Å². The molecule has 1 saturated carbocycles. The first-order chi connectivity index (χ1) is 13.9. The molecule has 29 heavy (non-hydrogen) atoms. The molecule has 0 heterocycles. The van der Waals surface area contributed by atoms with Crippen LogP contribution in [0.1, 0.15) is 111 Å². The van der Waals surface area contributed by atoms with E-state index < -0.39 is 0 Å². The van der Waals surface area contributed by atoms with Gasteiger partial charge in [-0.2, -0.15) is 0 Å². The Morgan fingerprint density at radius 3 is 1.72 bits per heavy atom. The van der Waals surface area contributed by atoms with Crippen LogP contribution < -0.4 is 0 Å². The summed E-state index contributed by atoms with van der Waals surface area (Å²) in [5.74, 6) is 2.05. The molecule has 2 rings (SSSR count). The molecule has 0 N–H and O–H groups in total. The molecule has 2 atom stereocenters. The summed E-state index contributed by atoms with van der Waals surface area (Å²) in [6, 6.07) is 10.6. The number of allylic oxidation sites excluding steroid dienone is 2. The molecule has 2 unspecified atom stereocenters. The minimum atomic E-state index is 1.01. The van der Waals surface area contributed by atoms with Gasteiger partial charge < -0.3 is 0 Å². The van der Waals surface area contributed by atoms with Crippen LogP contribution in [0.4, 0.5) is 0 Å². The molecule has 0 spiro atoms. The average molecular weight is 399 g/mol. The Bertz CT molecular complexity index is 508. The van der Waals surface area contributed by atoms with Crippen molar-refractivity contribution in [1.82, 2.24) is 0 Å². The molecule has 0 bridgehead atoms. The summed E-state index contributed by atoms with van der Waals surface area (Å²) < 4.78 is 0. The minimum absolute atomic E-state index is 1.01. The number of benzene rings is 1. The van der Waals surface area contributed by atoms with Crippen LogP contribution >= 0.6 is 0 Å². The Morgan fingerprint density at radius 1 is 0.759 bits per heavy atom. The smallest absolute Gasteiger partial charge is 0.0281 e. The van der Waals surface area contributed by atoms with E-state index in [1.807, 2.05) is 0 Å². The van der Waals surface area contributed by atoms with Crippen LogP contribution in [0.3, 0.4) is 0 Å². The third-order valence-corrected chi connectivity index (χ3v) is 5.73. The maximum Gasteiger partial charge on any atom is -0.0281 e. The first-order valence-corrected chi connectivity index (χ1v) is 12.3. The van der Waals surface area contributed by atoms with Gasteiger partial charge in [-0.1, -0.05) is 114 Å². The predicted octanol–water partition coefficient (Wildman–Crippen LogP) is 9.95. The molecule has 1 aromatic carbocycles. The van der Waals surface area contributed by atoms with Crippen LogP contribution in [-0.4, -0.2) is 0 Å². The summed E-state index contributed by atoms with van der Waals surface area (Å²) in [5.41, 5.74) is 4.10. The maximum absolute atomic E-state index is 4.01. The van der Waals surface area contributed by atoms with Crippen LogP contribution in [-0.2, 0) is 6.42 Å². The van der Waals surface area contributed by atoms with Crippen molar-refractivity contribution in [3.63, 3.8) is 0 Å². The topological polar surface area (TPSA) is 0 Å². The highest BCUT2D eigenvalue weighted by Gasteiger charge is 2.23. The van der Waals surface area contributed by atoms with Crippen molar-refractivity contribution < 1.29 is 0 Å². The van der Waals surface area contributed by atoms with E-state index in [2.05, 4.69) is 78.1 Å². The number of hydrogen-bond acceptors (Lipinski definition) is 0. The van der Waals surface area contributed by atoms with Gasteiger partial charge >= 0.3 is 0 Å². The molecule has 1 aliphatic carbocycles. The lowest BCUT2D eigenvalue weighted by Gasteiger charge is -2.31. The molecule has 0 aromatic heterocycles. The lowest BCUT2D eigenvalue weighted by Crippen LogP contribution is -2.19. The second-order valence-electron chi connectivity index (χ2n) is 9.03. The molecule has 0 aliphatic heterocycles. The average Bonchev–Trinajstić information content (AvgIpc) is 2.69. The standard InChI is InChI=1S/C14H26.C9H12.C6H12/c1-4-7-13-8-5-6-9-14(13)11-10-12(2)3;1-2-6-9-7-4-3-5-8-9;1-4-5-6(2)3/h13-14H,2,4-11H2,1,3H3;3-5,7-8H,2,6H2,1H3;2,4-5H2,1,3H3. The Morgan fingerprint density at radius 2 is 1.31 bits per heavy atom. The van der Waals surface area contributed by atoms with Gasteiger partial charge in [-0.05, 0) is 56.9 Å². The maximum atomic E-state index is 4.01. The third-order valence-electron chi connectivity index (χ3n) is 5.73. The summed E-state index contributed by atoms with van der Waals surface area (Å²) in [7, 11) is 0. The van der Waals surface area contributed by atoms with Crippen LogP contribution in [0.15, 0.2) is 54.6 Å². The fraction of sp³-hybridized carbons (Fsp3) is 0.655. The molecule has 1 aliphatic rings. The van der Waals surface area contributed by atoms with Gasteiger partial charge in [-0.3, -0.25) is 0 Å².